The van der Waals surface area contributed by atoms with Crippen LogP contribution in [0.25, 0.3) is 11.1 Å². The van der Waals surface area contributed by atoms with E-state index in [0.717, 1.165) is 0 Å². The topological polar surface area (TPSA) is 61.8 Å². The minimum Gasteiger partial charge on any atom is -0.508 e. The average molecular weight is 601 g/mol. The van der Waals surface area contributed by atoms with E-state index < -0.39 is 41.2 Å². The summed E-state index contributed by atoms with van der Waals surface area (Å²) in [6.45, 7) is 1.14. The zero-order chi connectivity index (χ0) is 31.0. The minimum absolute atomic E-state index is 0.0365. The third-order valence-corrected chi connectivity index (χ3v) is 7.36. The number of amides is 2. The van der Waals surface area contributed by atoms with E-state index in [9.17, 15) is 36.2 Å². The van der Waals surface area contributed by atoms with Crippen molar-refractivity contribution in [3.63, 3.8) is 0 Å². The number of phenols is 1. The van der Waals surface area contributed by atoms with Crippen molar-refractivity contribution in [2.45, 2.75) is 30.9 Å². The van der Waals surface area contributed by atoms with Gasteiger partial charge < -0.3 is 15.2 Å². The van der Waals surface area contributed by atoms with Gasteiger partial charge in [-0.05, 0) is 60.0 Å². The summed E-state index contributed by atoms with van der Waals surface area (Å²) in [5.41, 5.74) is -1.89. The molecule has 0 spiro atoms. The second-order valence-corrected chi connectivity index (χ2v) is 10.3. The Morgan fingerprint density at radius 1 is 0.860 bits per heavy atom. The Hall–Kier alpha value is -4.51. The number of phenolic OH excluding ortho intramolecular Hbond substituents is 1. The first-order valence-electron chi connectivity index (χ1n) is 13.2. The largest absolute Gasteiger partial charge is 0.508 e. The fourth-order valence-corrected chi connectivity index (χ4v) is 5.14. The molecule has 5 nitrogen and oxygen atoms in total. The van der Waals surface area contributed by atoms with Crippen LogP contribution in [0.15, 0.2) is 97.1 Å². The highest BCUT2D eigenvalue weighted by Gasteiger charge is 2.46. The summed E-state index contributed by atoms with van der Waals surface area (Å²) in [4.78, 5) is 15.0. The summed E-state index contributed by atoms with van der Waals surface area (Å²) < 4.78 is 86.7. The molecule has 0 aliphatic carbocycles. The standard InChI is InChI=1S/C32H26F6N2O3/c1-20(22-14-24(31(33,34)35)17-25(15-22)32(36,37)38)43-19-30(23-9-3-2-4-10-23)18-40(29(42)39-30)28-13-6-5-12-27(28)21-8-7-11-26(41)16-21/h2-17,20,41H,18-19H2,1H3,(H,39,42)/t20?,30-/m1/s1. The van der Waals surface area contributed by atoms with Crippen LogP contribution in [0.5, 0.6) is 5.75 Å². The SMILES string of the molecule is CC(OC[C@@]1(c2ccccc2)CN(c2ccccc2-c2cccc(O)c2)C(=O)N1)c1cc(C(F)(F)F)cc(C(F)(F)F)c1. The first kappa shape index (κ1) is 30.0. The lowest BCUT2D eigenvalue weighted by Crippen LogP contribution is -2.45. The molecule has 4 aromatic carbocycles. The lowest BCUT2D eigenvalue weighted by molar-refractivity contribution is -0.143. The Balaban J connectivity index is 1.48. The lowest BCUT2D eigenvalue weighted by atomic mass is 9.91. The van der Waals surface area contributed by atoms with Crippen LogP contribution >= 0.6 is 0 Å². The molecule has 2 N–H and O–H groups in total. The number of carbonyl (C=O) groups is 1. The number of hydrogen-bond acceptors (Lipinski definition) is 3. The van der Waals surface area contributed by atoms with Crippen molar-refractivity contribution in [2.24, 2.45) is 0 Å². The zero-order valence-corrected chi connectivity index (χ0v) is 22.7. The number of alkyl halides is 6. The molecule has 0 saturated carbocycles. The third-order valence-electron chi connectivity index (χ3n) is 7.36. The van der Waals surface area contributed by atoms with Crippen molar-refractivity contribution in [3.05, 3.63) is 119 Å². The van der Waals surface area contributed by atoms with Crippen LogP contribution in [0.4, 0.5) is 36.8 Å². The Morgan fingerprint density at radius 2 is 1.49 bits per heavy atom. The Kier molecular flexibility index (Phi) is 7.87. The van der Waals surface area contributed by atoms with Gasteiger partial charge in [-0.25, -0.2) is 4.79 Å². The fraction of sp³-hybridized carbons (Fsp3) is 0.219. The molecule has 0 aromatic heterocycles. The Labute approximate surface area is 243 Å². The molecule has 1 heterocycles. The molecule has 4 aromatic rings. The first-order chi connectivity index (χ1) is 20.3. The van der Waals surface area contributed by atoms with Crippen molar-refractivity contribution in [3.8, 4) is 16.9 Å². The van der Waals surface area contributed by atoms with Crippen LogP contribution in [0.3, 0.4) is 0 Å². The lowest BCUT2D eigenvalue weighted by Gasteiger charge is -2.31. The maximum absolute atomic E-state index is 13.5. The van der Waals surface area contributed by atoms with E-state index in [1.807, 2.05) is 0 Å². The quantitative estimate of drug-likeness (QED) is 0.210. The van der Waals surface area contributed by atoms with Gasteiger partial charge in [-0.3, -0.25) is 4.90 Å². The van der Waals surface area contributed by atoms with Gasteiger partial charge in [-0.1, -0.05) is 60.7 Å². The molecule has 2 atom stereocenters. The average Bonchev–Trinajstić information content (AvgIpc) is 3.32. The van der Waals surface area contributed by atoms with E-state index in [1.54, 1.807) is 72.8 Å². The Morgan fingerprint density at radius 3 is 2.12 bits per heavy atom. The number of nitrogens with one attached hydrogen (secondary N) is 1. The molecule has 2 amide bonds. The molecular weight excluding hydrogens is 574 g/mol. The predicted molar refractivity (Wildman–Crippen MR) is 148 cm³/mol. The minimum atomic E-state index is -5.00. The van der Waals surface area contributed by atoms with E-state index in [2.05, 4.69) is 5.32 Å². The second-order valence-electron chi connectivity index (χ2n) is 10.3. The van der Waals surface area contributed by atoms with Crippen LogP contribution in [0.2, 0.25) is 0 Å². The van der Waals surface area contributed by atoms with Gasteiger partial charge in [0, 0.05) is 5.56 Å². The van der Waals surface area contributed by atoms with E-state index in [4.69, 9.17) is 4.74 Å². The van der Waals surface area contributed by atoms with Gasteiger partial charge in [-0.2, -0.15) is 26.3 Å². The van der Waals surface area contributed by atoms with Crippen LogP contribution in [0.1, 0.15) is 35.3 Å². The van der Waals surface area contributed by atoms with Gasteiger partial charge in [-0.15, -0.1) is 0 Å². The number of aromatic hydroxyl groups is 1. The van der Waals surface area contributed by atoms with E-state index >= 15 is 0 Å². The van der Waals surface area contributed by atoms with Crippen LogP contribution in [0, 0.1) is 0 Å². The van der Waals surface area contributed by atoms with Crippen molar-refractivity contribution >= 4 is 11.7 Å². The normalized spacial score (nSPS) is 18.0. The number of benzene rings is 4. The molecule has 1 aliphatic heterocycles. The summed E-state index contributed by atoms with van der Waals surface area (Å²) in [5, 5.41) is 13.0. The molecule has 1 saturated heterocycles. The van der Waals surface area contributed by atoms with Gasteiger partial charge >= 0.3 is 18.4 Å². The first-order valence-corrected chi connectivity index (χ1v) is 13.2. The third kappa shape index (κ3) is 6.31. The predicted octanol–water partition coefficient (Wildman–Crippen LogP) is 8.30. The number of ether oxygens (including phenoxy) is 1. The number of carbonyl (C=O) groups excluding carboxylic acids is 1. The maximum Gasteiger partial charge on any atom is 0.416 e. The maximum atomic E-state index is 13.5. The molecule has 5 rings (SSSR count). The van der Waals surface area contributed by atoms with E-state index in [1.165, 1.54) is 17.9 Å². The summed E-state index contributed by atoms with van der Waals surface area (Å²) in [6, 6.07) is 23.3. The summed E-state index contributed by atoms with van der Waals surface area (Å²) in [7, 11) is 0. The van der Waals surface area contributed by atoms with Crippen LogP contribution < -0.4 is 10.2 Å². The highest BCUT2D eigenvalue weighted by molar-refractivity contribution is 5.99. The fourth-order valence-electron chi connectivity index (χ4n) is 5.14. The highest BCUT2D eigenvalue weighted by Crippen LogP contribution is 2.40. The molecule has 224 valence electrons. The van der Waals surface area contributed by atoms with Crippen molar-refractivity contribution in [2.75, 3.05) is 18.1 Å². The number of anilines is 1. The molecule has 43 heavy (non-hydrogen) atoms. The van der Waals surface area contributed by atoms with Gasteiger partial charge in [0.05, 0.1) is 36.1 Å². The molecule has 1 fully saturated rings. The number of rotatable bonds is 7. The van der Waals surface area contributed by atoms with Crippen molar-refractivity contribution in [1.82, 2.24) is 5.32 Å². The number of para-hydroxylation sites is 1. The molecule has 0 radical (unpaired) electrons. The molecule has 1 aliphatic rings. The smallest absolute Gasteiger partial charge is 0.416 e. The van der Waals surface area contributed by atoms with Gasteiger partial charge in [0.15, 0.2) is 0 Å². The van der Waals surface area contributed by atoms with Gasteiger partial charge in [0.1, 0.15) is 11.3 Å². The van der Waals surface area contributed by atoms with E-state index in [-0.39, 0.29) is 30.5 Å². The van der Waals surface area contributed by atoms with E-state index in [0.29, 0.717) is 34.5 Å². The van der Waals surface area contributed by atoms with Crippen LogP contribution in [-0.4, -0.2) is 24.3 Å². The number of nitrogens with zero attached hydrogens (tertiary/aromatic N) is 1. The van der Waals surface area contributed by atoms with Gasteiger partial charge in [0.25, 0.3) is 0 Å². The van der Waals surface area contributed by atoms with Crippen molar-refractivity contribution in [1.29, 1.82) is 0 Å². The highest BCUT2D eigenvalue weighted by atomic mass is 19.4. The molecule has 0 bridgehead atoms. The summed E-state index contributed by atoms with van der Waals surface area (Å²) >= 11 is 0. The number of halogens is 6. The monoisotopic (exact) mass is 600 g/mol. The molecule has 1 unspecified atom stereocenters. The summed E-state index contributed by atoms with van der Waals surface area (Å²) in [5.74, 6) is 0.0440. The van der Waals surface area contributed by atoms with Gasteiger partial charge in [0.2, 0.25) is 0 Å². The molecular formula is C32H26F6N2O3. The zero-order valence-electron chi connectivity index (χ0n) is 22.7. The number of urea groups is 1. The Bertz CT molecular complexity index is 1590. The summed E-state index contributed by atoms with van der Waals surface area (Å²) in [6.07, 6.45) is -11.2. The van der Waals surface area contributed by atoms with Crippen molar-refractivity contribution < 1.29 is 41.0 Å². The van der Waals surface area contributed by atoms with Crippen LogP contribution in [-0.2, 0) is 22.6 Å². The molecule has 11 heteroatoms. The second kappa shape index (κ2) is 11.3. The number of hydrogen-bond donors (Lipinski definition) is 2.